The first-order chi connectivity index (χ1) is 12.2. The number of nitrogens with zero attached hydrogens (tertiary/aromatic N) is 3. The second-order valence-corrected chi connectivity index (χ2v) is 6.76. The molecule has 1 heterocycles. The van der Waals surface area contributed by atoms with Crippen molar-refractivity contribution >= 4 is 15.7 Å². The molecule has 0 aliphatic carbocycles. The third kappa shape index (κ3) is 3.52. The van der Waals surface area contributed by atoms with Gasteiger partial charge in [0.2, 0.25) is 0 Å². The molecule has 0 saturated heterocycles. The van der Waals surface area contributed by atoms with Crippen molar-refractivity contribution in [2.75, 3.05) is 4.72 Å². The summed E-state index contributed by atoms with van der Waals surface area (Å²) in [5, 5.41) is 3.77. The summed E-state index contributed by atoms with van der Waals surface area (Å²) < 4.78 is 80.7. The molecule has 0 unspecified atom stereocenters. The molecule has 136 valence electrons. The Morgan fingerprint density at radius 2 is 1.81 bits per heavy atom. The van der Waals surface area contributed by atoms with E-state index in [1.165, 1.54) is 18.5 Å². The van der Waals surface area contributed by atoms with E-state index < -0.39 is 38.2 Å². The Bertz CT molecular complexity index is 1030. The zero-order chi connectivity index (χ0) is 18.9. The number of hydrogen-bond donors (Lipinski definition) is 1. The van der Waals surface area contributed by atoms with E-state index in [1.807, 2.05) is 4.72 Å². The van der Waals surface area contributed by atoms with Gasteiger partial charge in [0.25, 0.3) is 10.0 Å². The van der Waals surface area contributed by atoms with Gasteiger partial charge in [0.1, 0.15) is 23.4 Å². The van der Waals surface area contributed by atoms with E-state index in [0.29, 0.717) is 6.07 Å². The molecule has 6 nitrogen and oxygen atoms in total. The Hall–Kier alpha value is -2.95. The fraction of sp³-hybridized carbons (Fsp3) is 0.0667. The van der Waals surface area contributed by atoms with Crippen molar-refractivity contribution in [3.8, 4) is 5.69 Å². The van der Waals surface area contributed by atoms with Crippen LogP contribution in [-0.4, -0.2) is 23.2 Å². The van der Waals surface area contributed by atoms with E-state index in [9.17, 15) is 26.0 Å². The number of hydrogen-bond acceptors (Lipinski definition) is 4. The maximum absolute atomic E-state index is 13.8. The molecule has 26 heavy (non-hydrogen) atoms. The first-order valence-corrected chi connectivity index (χ1v) is 8.50. The summed E-state index contributed by atoms with van der Waals surface area (Å²) in [5.74, 6) is -1.03. The lowest BCUT2D eigenvalue weighted by Gasteiger charge is -2.15. The van der Waals surface area contributed by atoms with Crippen LogP contribution >= 0.6 is 0 Å². The highest BCUT2D eigenvalue weighted by atomic mass is 32.2. The Balaban J connectivity index is 2.12. The number of nitrogens with one attached hydrogen (secondary N) is 1. The fourth-order valence-electron chi connectivity index (χ4n) is 2.19. The van der Waals surface area contributed by atoms with Gasteiger partial charge in [-0.1, -0.05) is 12.1 Å². The summed E-state index contributed by atoms with van der Waals surface area (Å²) in [5.41, 5.74) is -1.50. The summed E-state index contributed by atoms with van der Waals surface area (Å²) in [6.45, 7) is 0. The predicted molar refractivity (Wildman–Crippen MR) is 83.6 cm³/mol. The van der Waals surface area contributed by atoms with Crippen molar-refractivity contribution in [1.82, 2.24) is 14.8 Å². The lowest BCUT2D eigenvalue weighted by atomic mass is 10.1. The van der Waals surface area contributed by atoms with Crippen molar-refractivity contribution in [3.05, 3.63) is 66.5 Å². The van der Waals surface area contributed by atoms with Gasteiger partial charge >= 0.3 is 6.18 Å². The van der Waals surface area contributed by atoms with Crippen molar-refractivity contribution in [1.29, 1.82) is 0 Å². The average molecular weight is 386 g/mol. The number of halogens is 4. The largest absolute Gasteiger partial charge is 0.416 e. The molecule has 0 aliphatic rings. The molecule has 1 aromatic heterocycles. The number of sulfonamides is 1. The van der Waals surface area contributed by atoms with Crippen LogP contribution in [-0.2, 0) is 16.2 Å². The van der Waals surface area contributed by atoms with Crippen LogP contribution < -0.4 is 4.72 Å². The Labute approximate surface area is 145 Å². The molecule has 11 heteroatoms. The van der Waals surface area contributed by atoms with Gasteiger partial charge in [0.15, 0.2) is 0 Å². The molecule has 3 rings (SSSR count). The second-order valence-electron chi connectivity index (χ2n) is 5.11. The van der Waals surface area contributed by atoms with Crippen molar-refractivity contribution in [2.24, 2.45) is 0 Å². The number of benzene rings is 2. The third-order valence-electron chi connectivity index (χ3n) is 3.36. The van der Waals surface area contributed by atoms with Crippen LogP contribution in [0.15, 0.2) is 60.0 Å². The van der Waals surface area contributed by atoms with Crippen LogP contribution in [0.5, 0.6) is 0 Å². The number of aromatic nitrogens is 3. The van der Waals surface area contributed by atoms with E-state index in [4.69, 9.17) is 0 Å². The quantitative estimate of drug-likeness (QED) is 0.699. The molecular weight excluding hydrogens is 376 g/mol. The van der Waals surface area contributed by atoms with Gasteiger partial charge in [-0.15, -0.1) is 0 Å². The molecule has 0 saturated carbocycles. The molecule has 0 spiro atoms. The highest BCUT2D eigenvalue weighted by Crippen LogP contribution is 2.34. The molecule has 2 aromatic carbocycles. The minimum Gasteiger partial charge on any atom is -0.277 e. The topological polar surface area (TPSA) is 76.9 Å². The van der Waals surface area contributed by atoms with Gasteiger partial charge in [-0.25, -0.2) is 22.5 Å². The van der Waals surface area contributed by atoms with Gasteiger partial charge < -0.3 is 0 Å². The first-order valence-electron chi connectivity index (χ1n) is 7.02. The number of alkyl halides is 3. The summed E-state index contributed by atoms with van der Waals surface area (Å²) in [4.78, 5) is 2.98. The van der Waals surface area contributed by atoms with E-state index in [1.54, 1.807) is 0 Å². The molecule has 0 bridgehead atoms. The van der Waals surface area contributed by atoms with Gasteiger partial charge in [-0.05, 0) is 30.3 Å². The molecule has 0 amide bonds. The summed E-state index contributed by atoms with van der Waals surface area (Å²) in [6.07, 6.45) is -2.38. The minimum absolute atomic E-state index is 0.00425. The first kappa shape index (κ1) is 17.9. The second kappa shape index (κ2) is 6.41. The number of rotatable bonds is 4. The van der Waals surface area contributed by atoms with E-state index >= 15 is 0 Å². The molecular formula is C15H10F4N4O2S. The van der Waals surface area contributed by atoms with Gasteiger partial charge in [0, 0.05) is 0 Å². The highest BCUT2D eigenvalue weighted by molar-refractivity contribution is 7.92. The maximum Gasteiger partial charge on any atom is 0.416 e. The summed E-state index contributed by atoms with van der Waals surface area (Å²) in [7, 11) is -4.47. The van der Waals surface area contributed by atoms with E-state index in [0.717, 1.165) is 35.3 Å². The van der Waals surface area contributed by atoms with Crippen molar-refractivity contribution < 1.29 is 26.0 Å². The molecule has 0 aliphatic heterocycles. The van der Waals surface area contributed by atoms with Gasteiger partial charge in [-0.2, -0.15) is 18.3 Å². The zero-order valence-corrected chi connectivity index (χ0v) is 13.6. The third-order valence-corrected chi connectivity index (χ3v) is 4.76. The maximum atomic E-state index is 13.8. The van der Waals surface area contributed by atoms with Crippen molar-refractivity contribution in [2.45, 2.75) is 11.1 Å². The molecule has 0 atom stereocenters. The number of anilines is 1. The summed E-state index contributed by atoms with van der Waals surface area (Å²) in [6, 6.07) is 6.94. The SMILES string of the molecule is O=S(=O)(Nc1cc(C(F)(F)F)ccc1-n1cncn1)c1ccccc1F. The van der Waals surface area contributed by atoms with Crippen LogP contribution in [0.4, 0.5) is 23.2 Å². The molecule has 0 fully saturated rings. The molecule has 1 N–H and O–H groups in total. The van der Waals surface area contributed by atoms with E-state index in [2.05, 4.69) is 10.1 Å². The summed E-state index contributed by atoms with van der Waals surface area (Å²) >= 11 is 0. The zero-order valence-electron chi connectivity index (χ0n) is 12.8. The fourth-order valence-corrected chi connectivity index (χ4v) is 3.33. The van der Waals surface area contributed by atoms with E-state index in [-0.39, 0.29) is 5.69 Å². The van der Waals surface area contributed by atoms with Gasteiger partial charge in [0.05, 0.1) is 16.9 Å². The van der Waals surface area contributed by atoms with Crippen LogP contribution in [0.2, 0.25) is 0 Å². The Kier molecular flexibility index (Phi) is 4.40. The van der Waals surface area contributed by atoms with Crippen LogP contribution in [0.3, 0.4) is 0 Å². The lowest BCUT2D eigenvalue weighted by Crippen LogP contribution is -2.17. The Morgan fingerprint density at radius 1 is 1.08 bits per heavy atom. The highest BCUT2D eigenvalue weighted by Gasteiger charge is 2.32. The normalized spacial score (nSPS) is 12.2. The van der Waals surface area contributed by atoms with Crippen LogP contribution in [0.1, 0.15) is 5.56 Å². The molecule has 0 radical (unpaired) electrons. The standard InChI is InChI=1S/C15H10F4N4O2S/c16-11-3-1-2-4-14(11)26(24,25)22-12-7-10(15(17,18)19)5-6-13(12)23-9-20-8-21-23/h1-9,22H. The predicted octanol–water partition coefficient (Wildman–Crippen LogP) is 3.23. The minimum atomic E-state index is -4.70. The monoisotopic (exact) mass is 386 g/mol. The van der Waals surface area contributed by atoms with Crippen molar-refractivity contribution in [3.63, 3.8) is 0 Å². The van der Waals surface area contributed by atoms with Crippen LogP contribution in [0, 0.1) is 5.82 Å². The molecule has 3 aromatic rings. The smallest absolute Gasteiger partial charge is 0.277 e. The Morgan fingerprint density at radius 3 is 2.42 bits per heavy atom. The van der Waals surface area contributed by atoms with Crippen LogP contribution in [0.25, 0.3) is 5.69 Å². The average Bonchev–Trinajstić information content (AvgIpc) is 3.08. The van der Waals surface area contributed by atoms with Gasteiger partial charge in [-0.3, -0.25) is 4.72 Å². The lowest BCUT2D eigenvalue weighted by molar-refractivity contribution is -0.137.